The number of ether oxygens (including phenoxy) is 1. The zero-order valence-electron chi connectivity index (χ0n) is 13.3. The van der Waals surface area contributed by atoms with Crippen molar-refractivity contribution in [3.63, 3.8) is 0 Å². The molecule has 5 nitrogen and oxygen atoms in total. The molecule has 0 spiro atoms. The quantitative estimate of drug-likeness (QED) is 0.940. The van der Waals surface area contributed by atoms with Crippen molar-refractivity contribution >= 4 is 22.5 Å². The number of benzene rings is 1. The van der Waals surface area contributed by atoms with Crippen LogP contribution in [0.4, 0.5) is 5.69 Å². The molecule has 2 aromatic rings. The van der Waals surface area contributed by atoms with Gasteiger partial charge in [0, 0.05) is 18.7 Å². The van der Waals surface area contributed by atoms with E-state index in [0.717, 1.165) is 42.3 Å². The lowest BCUT2D eigenvalue weighted by atomic mass is 9.88. The number of nitrogens with zero attached hydrogens (tertiary/aromatic N) is 2. The van der Waals surface area contributed by atoms with Crippen molar-refractivity contribution in [3.8, 4) is 5.88 Å². The molecule has 0 unspecified atom stereocenters. The highest BCUT2D eigenvalue weighted by molar-refractivity contribution is 5.96. The van der Waals surface area contributed by atoms with Crippen LogP contribution in [0, 0.1) is 5.92 Å². The molecule has 0 bridgehead atoms. The second kappa shape index (κ2) is 6.38. The van der Waals surface area contributed by atoms with Gasteiger partial charge in [0.2, 0.25) is 11.8 Å². The van der Waals surface area contributed by atoms with E-state index in [1.165, 1.54) is 6.42 Å². The van der Waals surface area contributed by atoms with Gasteiger partial charge in [-0.3, -0.25) is 9.48 Å². The summed E-state index contributed by atoms with van der Waals surface area (Å²) in [5, 5.41) is 8.36. The number of rotatable bonds is 4. The van der Waals surface area contributed by atoms with Gasteiger partial charge in [0.1, 0.15) is 0 Å². The highest BCUT2D eigenvalue weighted by Crippen LogP contribution is 2.29. The fourth-order valence-corrected chi connectivity index (χ4v) is 3.16. The molecular weight excluding hydrogens is 278 g/mol. The molecule has 1 aromatic heterocycles. The van der Waals surface area contributed by atoms with Gasteiger partial charge < -0.3 is 10.1 Å². The zero-order chi connectivity index (χ0) is 15.5. The van der Waals surface area contributed by atoms with Crippen molar-refractivity contribution in [2.75, 3.05) is 11.9 Å². The summed E-state index contributed by atoms with van der Waals surface area (Å²) in [4.78, 5) is 12.4. The highest BCUT2D eigenvalue weighted by Gasteiger charge is 2.21. The van der Waals surface area contributed by atoms with Gasteiger partial charge in [0.25, 0.3) is 0 Å². The monoisotopic (exact) mass is 301 g/mol. The number of carbonyl (C=O) groups is 1. The Hall–Kier alpha value is -2.04. The molecule has 1 amide bonds. The summed E-state index contributed by atoms with van der Waals surface area (Å²) in [5.74, 6) is 0.916. The number of amides is 1. The van der Waals surface area contributed by atoms with Crippen LogP contribution in [0.2, 0.25) is 0 Å². The molecule has 1 N–H and O–H groups in total. The minimum Gasteiger partial charge on any atom is -0.476 e. The van der Waals surface area contributed by atoms with E-state index < -0.39 is 0 Å². The number of hydrogen-bond acceptors (Lipinski definition) is 3. The number of aromatic nitrogens is 2. The predicted octanol–water partition coefficient (Wildman–Crippen LogP) is 3.49. The number of carbonyl (C=O) groups excluding carboxylic acids is 1. The van der Waals surface area contributed by atoms with Gasteiger partial charge in [0.05, 0.1) is 17.5 Å². The standard InChI is InChI=1S/C17H23N3O2/c1-3-22-17-14-11-13(9-10-15(14)20(2)19-17)18-16(21)12-7-5-4-6-8-12/h9-12H,3-8H2,1-2H3,(H,18,21). The molecule has 1 heterocycles. The van der Waals surface area contributed by atoms with Gasteiger partial charge >= 0.3 is 0 Å². The summed E-state index contributed by atoms with van der Waals surface area (Å²) in [6.07, 6.45) is 5.59. The van der Waals surface area contributed by atoms with Crippen LogP contribution < -0.4 is 10.1 Å². The maximum absolute atomic E-state index is 12.4. The van der Waals surface area contributed by atoms with E-state index in [9.17, 15) is 4.79 Å². The van der Waals surface area contributed by atoms with Crippen LogP contribution >= 0.6 is 0 Å². The molecule has 0 radical (unpaired) electrons. The van der Waals surface area contributed by atoms with E-state index in [1.807, 2.05) is 32.2 Å². The molecule has 0 saturated heterocycles. The summed E-state index contributed by atoms with van der Waals surface area (Å²) in [6.45, 7) is 2.51. The minimum atomic E-state index is 0.140. The first-order chi connectivity index (χ1) is 10.7. The SMILES string of the molecule is CCOc1nn(C)c2ccc(NC(=O)C3CCCCC3)cc12. The van der Waals surface area contributed by atoms with Crippen LogP contribution in [0.25, 0.3) is 10.9 Å². The maximum Gasteiger partial charge on any atom is 0.240 e. The first kappa shape index (κ1) is 14.9. The lowest BCUT2D eigenvalue weighted by Crippen LogP contribution is -2.24. The second-order valence-corrected chi connectivity index (χ2v) is 5.92. The Morgan fingerprint density at radius 1 is 1.36 bits per heavy atom. The largest absolute Gasteiger partial charge is 0.476 e. The number of fused-ring (bicyclic) bond motifs is 1. The molecule has 3 rings (SSSR count). The lowest BCUT2D eigenvalue weighted by Gasteiger charge is -2.20. The number of aryl methyl sites for hydroxylation is 1. The van der Waals surface area contributed by atoms with Crippen molar-refractivity contribution in [1.29, 1.82) is 0 Å². The molecule has 0 atom stereocenters. The number of nitrogens with one attached hydrogen (secondary N) is 1. The molecule has 1 aromatic carbocycles. The first-order valence-corrected chi connectivity index (χ1v) is 8.09. The Morgan fingerprint density at radius 3 is 2.86 bits per heavy atom. The van der Waals surface area contributed by atoms with E-state index in [0.29, 0.717) is 12.5 Å². The van der Waals surface area contributed by atoms with Crippen molar-refractivity contribution < 1.29 is 9.53 Å². The van der Waals surface area contributed by atoms with Crippen LogP contribution in [0.3, 0.4) is 0 Å². The molecule has 118 valence electrons. The third kappa shape index (κ3) is 2.93. The normalized spacial score (nSPS) is 15.9. The van der Waals surface area contributed by atoms with Crippen LogP contribution in [0.1, 0.15) is 39.0 Å². The van der Waals surface area contributed by atoms with Crippen molar-refractivity contribution in [3.05, 3.63) is 18.2 Å². The molecule has 1 fully saturated rings. The van der Waals surface area contributed by atoms with Crippen molar-refractivity contribution in [2.45, 2.75) is 39.0 Å². The lowest BCUT2D eigenvalue weighted by molar-refractivity contribution is -0.120. The Bertz CT molecular complexity index is 672. The van der Waals surface area contributed by atoms with Crippen LogP contribution in [0.5, 0.6) is 5.88 Å². The van der Waals surface area contributed by atoms with Gasteiger partial charge in [-0.1, -0.05) is 19.3 Å². The molecule has 22 heavy (non-hydrogen) atoms. The van der Waals surface area contributed by atoms with E-state index in [2.05, 4.69) is 10.4 Å². The van der Waals surface area contributed by atoms with Crippen molar-refractivity contribution in [2.24, 2.45) is 13.0 Å². The highest BCUT2D eigenvalue weighted by atomic mass is 16.5. The average molecular weight is 301 g/mol. The smallest absolute Gasteiger partial charge is 0.240 e. The molecule has 1 aliphatic rings. The van der Waals surface area contributed by atoms with Gasteiger partial charge in [-0.05, 0) is 38.0 Å². The Morgan fingerprint density at radius 2 is 2.14 bits per heavy atom. The fourth-order valence-electron chi connectivity index (χ4n) is 3.16. The fraction of sp³-hybridized carbons (Fsp3) is 0.529. The van der Waals surface area contributed by atoms with E-state index >= 15 is 0 Å². The molecule has 0 aliphatic heterocycles. The minimum absolute atomic E-state index is 0.140. The molecule has 1 saturated carbocycles. The molecule has 1 aliphatic carbocycles. The third-order valence-electron chi connectivity index (χ3n) is 4.34. The summed E-state index contributed by atoms with van der Waals surface area (Å²) in [7, 11) is 1.89. The van der Waals surface area contributed by atoms with Gasteiger partial charge in [0.15, 0.2) is 0 Å². The predicted molar refractivity (Wildman–Crippen MR) is 87.1 cm³/mol. The summed E-state index contributed by atoms with van der Waals surface area (Å²) in [6, 6.07) is 5.86. The molecule has 5 heteroatoms. The topological polar surface area (TPSA) is 56.1 Å². The van der Waals surface area contributed by atoms with E-state index in [-0.39, 0.29) is 11.8 Å². The van der Waals surface area contributed by atoms with Crippen LogP contribution in [-0.2, 0) is 11.8 Å². The summed E-state index contributed by atoms with van der Waals surface area (Å²) < 4.78 is 7.37. The van der Waals surface area contributed by atoms with E-state index in [4.69, 9.17) is 4.74 Å². The number of hydrogen-bond donors (Lipinski definition) is 1. The van der Waals surface area contributed by atoms with Crippen LogP contribution in [0.15, 0.2) is 18.2 Å². The maximum atomic E-state index is 12.4. The van der Waals surface area contributed by atoms with E-state index in [1.54, 1.807) is 4.68 Å². The average Bonchev–Trinajstić information content (AvgIpc) is 2.84. The Kier molecular flexibility index (Phi) is 4.32. The van der Waals surface area contributed by atoms with Gasteiger partial charge in [-0.2, -0.15) is 0 Å². The van der Waals surface area contributed by atoms with Gasteiger partial charge in [-0.25, -0.2) is 0 Å². The second-order valence-electron chi connectivity index (χ2n) is 5.92. The molecular formula is C17H23N3O2. The van der Waals surface area contributed by atoms with Gasteiger partial charge in [-0.15, -0.1) is 5.10 Å². The van der Waals surface area contributed by atoms with Crippen LogP contribution in [-0.4, -0.2) is 22.3 Å². The Balaban J connectivity index is 1.81. The summed E-state index contributed by atoms with van der Waals surface area (Å²) in [5.41, 5.74) is 1.82. The first-order valence-electron chi connectivity index (χ1n) is 8.09. The van der Waals surface area contributed by atoms with Crippen molar-refractivity contribution in [1.82, 2.24) is 9.78 Å². The number of anilines is 1. The third-order valence-corrected chi connectivity index (χ3v) is 4.34. The Labute approximate surface area is 130 Å². The zero-order valence-corrected chi connectivity index (χ0v) is 13.3. The summed E-state index contributed by atoms with van der Waals surface area (Å²) >= 11 is 0.